The van der Waals surface area contributed by atoms with Crippen molar-refractivity contribution in [2.24, 2.45) is 5.41 Å². The van der Waals surface area contributed by atoms with Crippen molar-refractivity contribution in [1.82, 2.24) is 0 Å². The summed E-state index contributed by atoms with van der Waals surface area (Å²) in [5.41, 5.74) is -0.321. The molecule has 5 heteroatoms. The van der Waals surface area contributed by atoms with Crippen molar-refractivity contribution in [2.75, 3.05) is 6.61 Å². The summed E-state index contributed by atoms with van der Waals surface area (Å²) < 4.78 is 40.7. The van der Waals surface area contributed by atoms with E-state index < -0.39 is 18.7 Å². The van der Waals surface area contributed by atoms with E-state index in [9.17, 15) is 18.3 Å². The molecule has 1 fully saturated rings. The maximum Gasteiger partial charge on any atom is 0.389 e. The molecule has 0 aliphatic heterocycles. The first kappa shape index (κ1) is 12.8. The first-order valence-electron chi connectivity index (χ1n) is 5.10. The van der Waals surface area contributed by atoms with Crippen LogP contribution in [0.3, 0.4) is 0 Å². The highest BCUT2D eigenvalue weighted by atomic mass is 19.4. The predicted octanol–water partition coefficient (Wildman–Crippen LogP) is 2.50. The van der Waals surface area contributed by atoms with Crippen LogP contribution >= 0.6 is 0 Å². The lowest BCUT2D eigenvalue weighted by Crippen LogP contribution is -2.54. The molecular formula is C10H17F3O2. The second-order valence-corrected chi connectivity index (χ2v) is 4.65. The first-order chi connectivity index (χ1) is 6.73. The minimum Gasteiger partial charge on any atom is -0.392 e. The summed E-state index contributed by atoms with van der Waals surface area (Å²) in [7, 11) is 0. The molecule has 0 aromatic rings. The molecule has 0 bridgehead atoms. The Balaban J connectivity index is 2.12. The third-order valence-corrected chi connectivity index (χ3v) is 3.05. The maximum absolute atomic E-state index is 11.8. The molecule has 2 atom stereocenters. The van der Waals surface area contributed by atoms with Gasteiger partial charge >= 0.3 is 6.18 Å². The molecular weight excluding hydrogens is 209 g/mol. The van der Waals surface area contributed by atoms with E-state index in [4.69, 9.17) is 4.74 Å². The largest absolute Gasteiger partial charge is 0.392 e. The van der Waals surface area contributed by atoms with E-state index >= 15 is 0 Å². The van der Waals surface area contributed by atoms with Gasteiger partial charge in [-0.25, -0.2) is 0 Å². The van der Waals surface area contributed by atoms with Gasteiger partial charge in [-0.1, -0.05) is 13.8 Å². The molecule has 90 valence electrons. The highest BCUT2D eigenvalue weighted by Gasteiger charge is 2.48. The molecule has 1 N–H and O–H groups in total. The fourth-order valence-corrected chi connectivity index (χ4v) is 1.65. The topological polar surface area (TPSA) is 29.5 Å². The standard InChI is InChI=1S/C10H17F3O2/c1-9(2)7(14)6-8(9)15-5-3-4-10(11,12)13/h7-8,14H,3-6H2,1-2H3. The van der Waals surface area contributed by atoms with E-state index in [1.165, 1.54) is 0 Å². The molecule has 1 saturated carbocycles. The Morgan fingerprint density at radius 3 is 2.40 bits per heavy atom. The van der Waals surface area contributed by atoms with Crippen LogP contribution in [0.15, 0.2) is 0 Å². The van der Waals surface area contributed by atoms with Gasteiger partial charge in [0.25, 0.3) is 0 Å². The molecule has 0 radical (unpaired) electrons. The Bertz CT molecular complexity index is 213. The van der Waals surface area contributed by atoms with Gasteiger partial charge in [0.1, 0.15) is 0 Å². The molecule has 1 aliphatic carbocycles. The first-order valence-corrected chi connectivity index (χ1v) is 5.10. The second kappa shape index (κ2) is 4.29. The highest BCUT2D eigenvalue weighted by Crippen LogP contribution is 2.42. The lowest BCUT2D eigenvalue weighted by Gasteiger charge is -2.48. The molecule has 2 nitrogen and oxygen atoms in total. The van der Waals surface area contributed by atoms with Crippen LogP contribution in [0.5, 0.6) is 0 Å². The monoisotopic (exact) mass is 226 g/mol. The van der Waals surface area contributed by atoms with E-state index in [-0.39, 0.29) is 24.5 Å². The van der Waals surface area contributed by atoms with Crippen molar-refractivity contribution in [3.63, 3.8) is 0 Å². The summed E-state index contributed by atoms with van der Waals surface area (Å²) in [6, 6.07) is 0. The van der Waals surface area contributed by atoms with Gasteiger partial charge in [-0.15, -0.1) is 0 Å². The SMILES string of the molecule is CC1(C)C(O)CC1OCCCC(F)(F)F. The zero-order valence-electron chi connectivity index (χ0n) is 8.97. The van der Waals surface area contributed by atoms with Crippen LogP contribution in [0.25, 0.3) is 0 Å². The number of ether oxygens (including phenoxy) is 1. The Kier molecular flexibility index (Phi) is 3.66. The molecule has 1 rings (SSSR count). The second-order valence-electron chi connectivity index (χ2n) is 4.65. The summed E-state index contributed by atoms with van der Waals surface area (Å²) in [5, 5.41) is 9.37. The van der Waals surface area contributed by atoms with Crippen molar-refractivity contribution in [3.8, 4) is 0 Å². The van der Waals surface area contributed by atoms with Crippen molar-refractivity contribution in [3.05, 3.63) is 0 Å². The lowest BCUT2D eigenvalue weighted by atomic mass is 9.66. The van der Waals surface area contributed by atoms with Gasteiger partial charge in [-0.3, -0.25) is 0 Å². The van der Waals surface area contributed by atoms with E-state index in [2.05, 4.69) is 0 Å². The summed E-state index contributed by atoms with van der Waals surface area (Å²) in [4.78, 5) is 0. The van der Waals surface area contributed by atoms with Crippen molar-refractivity contribution in [2.45, 2.75) is 51.5 Å². The highest BCUT2D eigenvalue weighted by molar-refractivity contribution is 4.98. The molecule has 0 heterocycles. The quantitative estimate of drug-likeness (QED) is 0.746. The van der Waals surface area contributed by atoms with Gasteiger partial charge in [0.05, 0.1) is 12.2 Å². The number of hydrogen-bond acceptors (Lipinski definition) is 2. The fourth-order valence-electron chi connectivity index (χ4n) is 1.65. The number of hydrogen-bond donors (Lipinski definition) is 1. The normalized spacial score (nSPS) is 30.0. The molecule has 0 saturated heterocycles. The molecule has 0 aromatic heterocycles. The van der Waals surface area contributed by atoms with Crippen LogP contribution in [0.2, 0.25) is 0 Å². The molecule has 0 spiro atoms. The number of halogens is 3. The van der Waals surface area contributed by atoms with Gasteiger partial charge < -0.3 is 9.84 Å². The molecule has 0 amide bonds. The molecule has 2 unspecified atom stereocenters. The average molecular weight is 226 g/mol. The van der Waals surface area contributed by atoms with Crippen LogP contribution in [0, 0.1) is 5.41 Å². The van der Waals surface area contributed by atoms with Gasteiger partial charge in [-0.2, -0.15) is 13.2 Å². The number of alkyl halides is 3. The van der Waals surface area contributed by atoms with Crippen molar-refractivity contribution < 1.29 is 23.0 Å². The zero-order valence-corrected chi connectivity index (χ0v) is 8.97. The fraction of sp³-hybridized carbons (Fsp3) is 1.00. The van der Waals surface area contributed by atoms with E-state index in [1.807, 2.05) is 13.8 Å². The summed E-state index contributed by atoms with van der Waals surface area (Å²) in [6.07, 6.45) is -4.89. The zero-order chi connectivity index (χ0) is 11.7. The van der Waals surface area contributed by atoms with Gasteiger partial charge in [0.2, 0.25) is 0 Å². The van der Waals surface area contributed by atoms with Crippen LogP contribution in [0.4, 0.5) is 13.2 Å². The summed E-state index contributed by atoms with van der Waals surface area (Å²) in [5.74, 6) is 0. The smallest absolute Gasteiger partial charge is 0.389 e. The Morgan fingerprint density at radius 2 is 2.00 bits per heavy atom. The van der Waals surface area contributed by atoms with Gasteiger partial charge in [0, 0.05) is 24.9 Å². The Morgan fingerprint density at radius 1 is 1.40 bits per heavy atom. The van der Waals surface area contributed by atoms with Crippen LogP contribution in [0.1, 0.15) is 33.1 Å². The van der Waals surface area contributed by atoms with Crippen LogP contribution < -0.4 is 0 Å². The maximum atomic E-state index is 11.8. The average Bonchev–Trinajstić information content (AvgIpc) is 2.08. The number of aliphatic hydroxyl groups excluding tert-OH is 1. The Hall–Kier alpha value is -0.290. The van der Waals surface area contributed by atoms with Crippen LogP contribution in [-0.4, -0.2) is 30.1 Å². The summed E-state index contributed by atoms with van der Waals surface area (Å²) in [6.45, 7) is 3.82. The predicted molar refractivity (Wildman–Crippen MR) is 49.4 cm³/mol. The third-order valence-electron chi connectivity index (χ3n) is 3.05. The van der Waals surface area contributed by atoms with E-state index in [0.29, 0.717) is 6.42 Å². The van der Waals surface area contributed by atoms with Crippen molar-refractivity contribution >= 4 is 0 Å². The molecule has 15 heavy (non-hydrogen) atoms. The lowest BCUT2D eigenvalue weighted by molar-refractivity contribution is -0.181. The minimum atomic E-state index is -4.10. The van der Waals surface area contributed by atoms with Crippen LogP contribution in [-0.2, 0) is 4.74 Å². The number of rotatable bonds is 4. The summed E-state index contributed by atoms with van der Waals surface area (Å²) >= 11 is 0. The number of aliphatic hydroxyl groups is 1. The minimum absolute atomic E-state index is 0.00776. The Labute approximate surface area is 87.4 Å². The van der Waals surface area contributed by atoms with Gasteiger partial charge in [-0.05, 0) is 6.42 Å². The van der Waals surface area contributed by atoms with E-state index in [0.717, 1.165) is 0 Å². The van der Waals surface area contributed by atoms with E-state index in [1.54, 1.807) is 0 Å². The van der Waals surface area contributed by atoms with Gasteiger partial charge in [0.15, 0.2) is 0 Å². The van der Waals surface area contributed by atoms with Crippen molar-refractivity contribution in [1.29, 1.82) is 0 Å². The molecule has 1 aliphatic rings. The third kappa shape index (κ3) is 3.34. The molecule has 0 aromatic carbocycles.